The lowest BCUT2D eigenvalue weighted by Crippen LogP contribution is -2.50. The number of anilines is 1. The SMILES string of the molecule is Cc1ccc(S(=O)(=O)N2C(=O)C3(C)C=C(c4ccccc4)OC(c4ccccc4)=C3c3ccccc32)cc1. The summed E-state index contributed by atoms with van der Waals surface area (Å²) in [6.07, 6.45) is 1.75. The molecular weight excluding hydrogens is 494 g/mol. The molecule has 0 N–H and O–H groups in total. The van der Waals surface area contributed by atoms with Gasteiger partial charge in [-0.05, 0) is 38.1 Å². The summed E-state index contributed by atoms with van der Waals surface area (Å²) in [6, 6.07) is 32.8. The highest BCUT2D eigenvalue weighted by Gasteiger charge is 2.53. The molecule has 4 aromatic carbocycles. The van der Waals surface area contributed by atoms with Crippen LogP contribution < -0.4 is 4.31 Å². The van der Waals surface area contributed by atoms with Gasteiger partial charge in [0, 0.05) is 22.3 Å². The van der Waals surface area contributed by atoms with Crippen molar-refractivity contribution in [1.82, 2.24) is 0 Å². The zero-order valence-corrected chi connectivity index (χ0v) is 21.8. The van der Waals surface area contributed by atoms with E-state index >= 15 is 0 Å². The molecule has 0 saturated heterocycles. The van der Waals surface area contributed by atoms with Crippen LogP contribution in [0.25, 0.3) is 17.1 Å². The molecule has 0 aromatic heterocycles. The molecule has 0 fully saturated rings. The Hall–Kier alpha value is -4.42. The molecule has 38 heavy (non-hydrogen) atoms. The second-order valence-corrected chi connectivity index (χ2v) is 11.4. The smallest absolute Gasteiger partial charge is 0.270 e. The van der Waals surface area contributed by atoms with Gasteiger partial charge in [0.25, 0.3) is 15.9 Å². The number of aryl methyl sites for hydroxylation is 1. The van der Waals surface area contributed by atoms with Crippen molar-refractivity contribution in [2.24, 2.45) is 5.41 Å². The molecule has 6 rings (SSSR count). The summed E-state index contributed by atoms with van der Waals surface area (Å²) in [6.45, 7) is 3.66. The molecule has 0 bridgehead atoms. The standard InChI is InChI=1S/C32H25NO4S/c1-22-17-19-25(20-18-22)38(35,36)33-27-16-10-9-15-26(27)29-30(24-13-7-4-8-14-24)37-28(21-32(29,2)31(33)34)23-11-5-3-6-12-23/h3-21H,1-2H3. The lowest BCUT2D eigenvalue weighted by Gasteiger charge is -2.43. The van der Waals surface area contributed by atoms with Crippen LogP contribution in [0.5, 0.6) is 0 Å². The number of rotatable bonds is 4. The lowest BCUT2D eigenvalue weighted by atomic mass is 9.71. The summed E-state index contributed by atoms with van der Waals surface area (Å²) in [5.41, 5.74) is 2.78. The number of sulfonamides is 1. The number of fused-ring (bicyclic) bond motifs is 3. The number of carbonyl (C=O) groups excluding carboxylic acids is 1. The largest absolute Gasteiger partial charge is 0.456 e. The number of carbonyl (C=O) groups is 1. The third-order valence-corrected chi connectivity index (χ3v) is 8.76. The first-order chi connectivity index (χ1) is 18.3. The Morgan fingerprint density at radius 1 is 0.737 bits per heavy atom. The first kappa shape index (κ1) is 23.9. The molecule has 0 aliphatic carbocycles. The molecule has 1 atom stereocenters. The topological polar surface area (TPSA) is 63.7 Å². The van der Waals surface area contributed by atoms with E-state index in [2.05, 4.69) is 0 Å². The maximum absolute atomic E-state index is 14.5. The van der Waals surface area contributed by atoms with Crippen LogP contribution >= 0.6 is 0 Å². The highest BCUT2D eigenvalue weighted by atomic mass is 32.2. The molecule has 2 aliphatic rings. The quantitative estimate of drug-likeness (QED) is 0.302. The number of hydrogen-bond acceptors (Lipinski definition) is 4. The zero-order chi connectivity index (χ0) is 26.5. The average molecular weight is 520 g/mol. The molecule has 0 saturated carbocycles. The fourth-order valence-corrected chi connectivity index (χ4v) is 6.62. The number of nitrogens with zero attached hydrogens (tertiary/aromatic N) is 1. The molecule has 2 heterocycles. The molecule has 188 valence electrons. The average Bonchev–Trinajstić information content (AvgIpc) is 2.94. The van der Waals surface area contributed by atoms with Gasteiger partial charge in [0.05, 0.1) is 16.0 Å². The Bertz CT molecular complexity index is 1720. The van der Waals surface area contributed by atoms with Gasteiger partial charge >= 0.3 is 0 Å². The summed E-state index contributed by atoms with van der Waals surface area (Å²) in [4.78, 5) is 14.6. The van der Waals surface area contributed by atoms with E-state index in [9.17, 15) is 13.2 Å². The van der Waals surface area contributed by atoms with Crippen molar-refractivity contribution in [1.29, 1.82) is 0 Å². The second-order valence-electron chi connectivity index (χ2n) is 9.65. The van der Waals surface area contributed by atoms with Crippen LogP contribution in [0.1, 0.15) is 29.2 Å². The van der Waals surface area contributed by atoms with Gasteiger partial charge < -0.3 is 4.74 Å². The number of hydrogen-bond donors (Lipinski definition) is 0. The van der Waals surface area contributed by atoms with Crippen LogP contribution in [0, 0.1) is 12.3 Å². The highest BCUT2D eigenvalue weighted by molar-refractivity contribution is 7.93. The van der Waals surface area contributed by atoms with E-state index < -0.39 is 21.3 Å². The maximum atomic E-state index is 14.5. The van der Waals surface area contributed by atoms with Crippen LogP contribution in [0.4, 0.5) is 5.69 Å². The van der Waals surface area contributed by atoms with E-state index in [4.69, 9.17) is 4.74 Å². The molecule has 1 unspecified atom stereocenters. The molecule has 1 amide bonds. The number of ether oxygens (including phenoxy) is 1. The third kappa shape index (κ3) is 3.68. The minimum Gasteiger partial charge on any atom is -0.456 e. The van der Waals surface area contributed by atoms with E-state index in [0.717, 1.165) is 21.0 Å². The van der Waals surface area contributed by atoms with Gasteiger partial charge in [-0.15, -0.1) is 0 Å². The summed E-state index contributed by atoms with van der Waals surface area (Å²) >= 11 is 0. The normalized spacial score (nSPS) is 18.8. The van der Waals surface area contributed by atoms with E-state index in [0.29, 0.717) is 28.3 Å². The first-order valence-corrected chi connectivity index (χ1v) is 13.8. The van der Waals surface area contributed by atoms with Crippen LogP contribution in [0.15, 0.2) is 120 Å². The molecule has 4 aromatic rings. The lowest BCUT2D eigenvalue weighted by molar-refractivity contribution is -0.122. The summed E-state index contributed by atoms with van der Waals surface area (Å²) < 4.78 is 35.6. The number of benzene rings is 4. The van der Waals surface area contributed by atoms with Gasteiger partial charge in [0.1, 0.15) is 11.5 Å². The first-order valence-electron chi connectivity index (χ1n) is 12.3. The zero-order valence-electron chi connectivity index (χ0n) is 21.0. The maximum Gasteiger partial charge on any atom is 0.270 e. The van der Waals surface area contributed by atoms with Gasteiger partial charge in [0.2, 0.25) is 0 Å². The predicted molar refractivity (Wildman–Crippen MR) is 149 cm³/mol. The van der Waals surface area contributed by atoms with Crippen molar-refractivity contribution >= 4 is 38.7 Å². The summed E-state index contributed by atoms with van der Waals surface area (Å²) in [5, 5.41) is 0. The van der Waals surface area contributed by atoms with Gasteiger partial charge in [-0.3, -0.25) is 4.79 Å². The van der Waals surface area contributed by atoms with Crippen LogP contribution in [-0.2, 0) is 19.6 Å². The van der Waals surface area contributed by atoms with E-state index in [1.807, 2.05) is 79.7 Å². The van der Waals surface area contributed by atoms with Crippen molar-refractivity contribution in [3.63, 3.8) is 0 Å². The van der Waals surface area contributed by atoms with Gasteiger partial charge in [-0.25, -0.2) is 12.7 Å². The third-order valence-electron chi connectivity index (χ3n) is 7.05. The van der Waals surface area contributed by atoms with Crippen molar-refractivity contribution in [2.45, 2.75) is 18.7 Å². The van der Waals surface area contributed by atoms with E-state index in [-0.39, 0.29) is 4.90 Å². The van der Waals surface area contributed by atoms with Crippen LogP contribution in [0.2, 0.25) is 0 Å². The second kappa shape index (κ2) is 8.85. The van der Waals surface area contributed by atoms with Gasteiger partial charge in [0.15, 0.2) is 0 Å². The highest BCUT2D eigenvalue weighted by Crippen LogP contribution is 2.55. The van der Waals surface area contributed by atoms with E-state index in [1.165, 1.54) is 0 Å². The molecule has 0 spiro atoms. The van der Waals surface area contributed by atoms with Crippen molar-refractivity contribution in [2.75, 3.05) is 4.31 Å². The fraction of sp³-hybridized carbons (Fsp3) is 0.0938. The fourth-order valence-electron chi connectivity index (χ4n) is 5.11. The predicted octanol–water partition coefficient (Wildman–Crippen LogP) is 6.68. The Labute approximate surface area is 222 Å². The Morgan fingerprint density at radius 3 is 1.97 bits per heavy atom. The summed E-state index contributed by atoms with van der Waals surface area (Å²) in [5.74, 6) is 0.468. The molecule has 2 aliphatic heterocycles. The van der Waals surface area contributed by atoms with Gasteiger partial charge in [-0.2, -0.15) is 0 Å². The Balaban J connectivity index is 1.65. The minimum absolute atomic E-state index is 0.0601. The van der Waals surface area contributed by atoms with E-state index in [1.54, 1.807) is 49.4 Å². The monoisotopic (exact) mass is 519 g/mol. The number of para-hydroxylation sites is 1. The van der Waals surface area contributed by atoms with Crippen molar-refractivity contribution in [3.05, 3.63) is 138 Å². The molecule has 6 heteroatoms. The van der Waals surface area contributed by atoms with Crippen molar-refractivity contribution in [3.8, 4) is 0 Å². The molecule has 5 nitrogen and oxygen atoms in total. The Morgan fingerprint density at radius 2 is 1.32 bits per heavy atom. The summed E-state index contributed by atoms with van der Waals surface area (Å²) in [7, 11) is -4.20. The minimum atomic E-state index is -4.20. The van der Waals surface area contributed by atoms with Crippen molar-refractivity contribution < 1.29 is 17.9 Å². The Kier molecular flexibility index (Phi) is 5.58. The molecular formula is C32H25NO4S. The van der Waals surface area contributed by atoms with Gasteiger partial charge in [-0.1, -0.05) is 96.6 Å². The molecule has 0 radical (unpaired) electrons. The van der Waals surface area contributed by atoms with Crippen LogP contribution in [0.3, 0.4) is 0 Å². The van der Waals surface area contributed by atoms with Crippen LogP contribution in [-0.4, -0.2) is 14.3 Å². The number of amides is 1.